The van der Waals surface area contributed by atoms with E-state index in [-0.39, 0.29) is 5.60 Å². The highest BCUT2D eigenvalue weighted by Gasteiger charge is 2.55. The van der Waals surface area contributed by atoms with Gasteiger partial charge in [0.25, 0.3) is 0 Å². The van der Waals surface area contributed by atoms with E-state index in [9.17, 15) is 0 Å². The van der Waals surface area contributed by atoms with Gasteiger partial charge in [-0.1, -0.05) is 6.92 Å². The van der Waals surface area contributed by atoms with Crippen LogP contribution in [0.15, 0.2) is 0 Å². The molecule has 0 aromatic heterocycles. The highest BCUT2D eigenvalue weighted by molar-refractivity contribution is 5.06. The second kappa shape index (κ2) is 3.50. The second-order valence-corrected chi connectivity index (χ2v) is 8.67. The summed E-state index contributed by atoms with van der Waals surface area (Å²) in [5.74, 6) is 2.04. The van der Waals surface area contributed by atoms with Gasteiger partial charge in [0.05, 0.1) is 12.2 Å². The Morgan fingerprint density at radius 2 is 1.65 bits per heavy atom. The lowest BCUT2D eigenvalue weighted by atomic mass is 9.45. The molecule has 1 heteroatoms. The largest absolute Gasteiger partial charge is 0.375 e. The lowest BCUT2D eigenvalue weighted by Gasteiger charge is -2.61. The predicted molar refractivity (Wildman–Crippen MR) is 70.9 cm³/mol. The second-order valence-electron chi connectivity index (χ2n) is 8.67. The molecular weight excluding hydrogens is 208 g/mol. The minimum Gasteiger partial charge on any atom is -0.375 e. The summed E-state index contributed by atoms with van der Waals surface area (Å²) in [6, 6.07) is 0. The molecule has 0 amide bonds. The Bertz CT molecular complexity index is 298. The molecule has 0 aromatic carbocycles. The standard InChI is InChI=1S/C16H28O/c1-14(2,3)17-11-16-8-12-5-13(9-16)7-15(4,6-12)10-16/h12-13H,5-11H2,1-4H3. The summed E-state index contributed by atoms with van der Waals surface area (Å²) in [4.78, 5) is 0. The van der Waals surface area contributed by atoms with Crippen LogP contribution in [0.2, 0.25) is 0 Å². The van der Waals surface area contributed by atoms with Crippen LogP contribution in [0.5, 0.6) is 0 Å². The molecule has 0 aromatic rings. The molecule has 0 spiro atoms. The van der Waals surface area contributed by atoms with Crippen molar-refractivity contribution < 1.29 is 4.74 Å². The van der Waals surface area contributed by atoms with Gasteiger partial charge >= 0.3 is 0 Å². The maximum atomic E-state index is 6.16. The van der Waals surface area contributed by atoms with Gasteiger partial charge in [-0.15, -0.1) is 0 Å². The van der Waals surface area contributed by atoms with Crippen LogP contribution < -0.4 is 0 Å². The molecule has 4 saturated carbocycles. The van der Waals surface area contributed by atoms with E-state index >= 15 is 0 Å². The molecule has 4 aliphatic carbocycles. The van der Waals surface area contributed by atoms with Crippen molar-refractivity contribution in [2.75, 3.05) is 6.61 Å². The molecule has 0 N–H and O–H groups in total. The fourth-order valence-electron chi connectivity index (χ4n) is 5.47. The van der Waals surface area contributed by atoms with Gasteiger partial charge < -0.3 is 4.74 Å². The summed E-state index contributed by atoms with van der Waals surface area (Å²) in [6.07, 6.45) is 8.86. The van der Waals surface area contributed by atoms with E-state index in [1.165, 1.54) is 38.5 Å². The normalized spacial score (nSPS) is 48.7. The van der Waals surface area contributed by atoms with E-state index in [2.05, 4.69) is 27.7 Å². The molecule has 0 radical (unpaired) electrons. The molecular formula is C16H28O. The Labute approximate surface area is 106 Å². The number of hydrogen-bond donors (Lipinski definition) is 0. The van der Waals surface area contributed by atoms with Gasteiger partial charge in [-0.25, -0.2) is 0 Å². The fourth-order valence-corrected chi connectivity index (χ4v) is 5.47. The van der Waals surface area contributed by atoms with Crippen molar-refractivity contribution >= 4 is 0 Å². The Kier molecular flexibility index (Phi) is 2.47. The van der Waals surface area contributed by atoms with Crippen LogP contribution in [0.1, 0.15) is 66.2 Å². The quantitative estimate of drug-likeness (QED) is 0.690. The smallest absolute Gasteiger partial charge is 0.0598 e. The van der Waals surface area contributed by atoms with Crippen LogP contribution in [0.25, 0.3) is 0 Å². The van der Waals surface area contributed by atoms with Gasteiger partial charge in [0.1, 0.15) is 0 Å². The molecule has 4 fully saturated rings. The van der Waals surface area contributed by atoms with E-state index in [0.717, 1.165) is 18.4 Å². The van der Waals surface area contributed by atoms with E-state index in [0.29, 0.717) is 10.8 Å². The SMILES string of the molecule is CC12CC3CC(C1)CC(COC(C)(C)C)(C3)C2. The average molecular weight is 236 g/mol. The van der Waals surface area contributed by atoms with Crippen molar-refractivity contribution in [3.8, 4) is 0 Å². The Morgan fingerprint density at radius 1 is 1.06 bits per heavy atom. The van der Waals surface area contributed by atoms with Gasteiger partial charge in [0.15, 0.2) is 0 Å². The van der Waals surface area contributed by atoms with Gasteiger partial charge in [0.2, 0.25) is 0 Å². The minimum absolute atomic E-state index is 0.0320. The Morgan fingerprint density at radius 3 is 2.12 bits per heavy atom. The van der Waals surface area contributed by atoms with Crippen LogP contribution in [-0.2, 0) is 4.74 Å². The summed E-state index contributed by atoms with van der Waals surface area (Å²) in [6.45, 7) is 10.1. The van der Waals surface area contributed by atoms with E-state index in [4.69, 9.17) is 4.74 Å². The molecule has 4 bridgehead atoms. The predicted octanol–water partition coefficient (Wildman–Crippen LogP) is 4.41. The van der Waals surface area contributed by atoms with E-state index in [1.807, 2.05) is 0 Å². The Hall–Kier alpha value is -0.0400. The summed E-state index contributed by atoms with van der Waals surface area (Å²) < 4.78 is 6.16. The lowest BCUT2D eigenvalue weighted by Crippen LogP contribution is -2.53. The van der Waals surface area contributed by atoms with E-state index in [1.54, 1.807) is 0 Å². The number of rotatable bonds is 2. The first-order chi connectivity index (χ1) is 7.78. The van der Waals surface area contributed by atoms with Gasteiger partial charge in [-0.2, -0.15) is 0 Å². The van der Waals surface area contributed by atoms with E-state index < -0.39 is 0 Å². The zero-order valence-electron chi connectivity index (χ0n) is 12.0. The van der Waals surface area contributed by atoms with Crippen LogP contribution in [0.3, 0.4) is 0 Å². The first-order valence-corrected chi connectivity index (χ1v) is 7.42. The maximum absolute atomic E-state index is 6.16. The molecule has 2 unspecified atom stereocenters. The number of hydrogen-bond acceptors (Lipinski definition) is 1. The topological polar surface area (TPSA) is 9.23 Å². The highest BCUT2D eigenvalue weighted by Crippen LogP contribution is 2.65. The van der Waals surface area contributed by atoms with Crippen LogP contribution in [0, 0.1) is 22.7 Å². The average Bonchev–Trinajstić information content (AvgIpc) is 2.09. The molecule has 98 valence electrons. The van der Waals surface area contributed by atoms with Crippen LogP contribution >= 0.6 is 0 Å². The molecule has 0 heterocycles. The molecule has 2 atom stereocenters. The fraction of sp³-hybridized carbons (Fsp3) is 1.00. The zero-order chi connectivity index (χ0) is 12.3. The number of ether oxygens (including phenoxy) is 1. The highest BCUT2D eigenvalue weighted by atomic mass is 16.5. The third-order valence-corrected chi connectivity index (χ3v) is 5.29. The Balaban J connectivity index is 1.75. The third kappa shape index (κ3) is 2.28. The summed E-state index contributed by atoms with van der Waals surface area (Å²) >= 11 is 0. The summed E-state index contributed by atoms with van der Waals surface area (Å²) in [5, 5.41) is 0. The maximum Gasteiger partial charge on any atom is 0.0598 e. The third-order valence-electron chi connectivity index (χ3n) is 5.29. The lowest BCUT2D eigenvalue weighted by molar-refractivity contribution is -0.154. The first-order valence-electron chi connectivity index (χ1n) is 7.42. The van der Waals surface area contributed by atoms with Gasteiger partial charge in [0, 0.05) is 0 Å². The molecule has 1 nitrogen and oxygen atoms in total. The molecule has 0 saturated heterocycles. The molecule has 17 heavy (non-hydrogen) atoms. The minimum atomic E-state index is 0.0320. The summed E-state index contributed by atoms with van der Waals surface area (Å²) in [5.41, 5.74) is 1.24. The van der Waals surface area contributed by atoms with Gasteiger partial charge in [-0.3, -0.25) is 0 Å². The van der Waals surface area contributed by atoms with Crippen molar-refractivity contribution in [1.29, 1.82) is 0 Å². The van der Waals surface area contributed by atoms with Crippen molar-refractivity contribution in [3.05, 3.63) is 0 Å². The molecule has 4 rings (SSSR count). The summed E-state index contributed by atoms with van der Waals surface area (Å²) in [7, 11) is 0. The molecule has 4 aliphatic rings. The van der Waals surface area contributed by atoms with Crippen LogP contribution in [-0.4, -0.2) is 12.2 Å². The van der Waals surface area contributed by atoms with Crippen molar-refractivity contribution in [2.24, 2.45) is 22.7 Å². The van der Waals surface area contributed by atoms with Crippen molar-refractivity contribution in [2.45, 2.75) is 71.8 Å². The van der Waals surface area contributed by atoms with Crippen molar-refractivity contribution in [3.63, 3.8) is 0 Å². The van der Waals surface area contributed by atoms with Gasteiger partial charge in [-0.05, 0) is 82.0 Å². The zero-order valence-corrected chi connectivity index (χ0v) is 12.0. The van der Waals surface area contributed by atoms with Crippen molar-refractivity contribution in [1.82, 2.24) is 0 Å². The first kappa shape index (κ1) is 12.0. The molecule has 0 aliphatic heterocycles. The monoisotopic (exact) mass is 236 g/mol. The van der Waals surface area contributed by atoms with Crippen LogP contribution in [0.4, 0.5) is 0 Å².